The van der Waals surface area contributed by atoms with Gasteiger partial charge >= 0.3 is 0 Å². The molecule has 0 spiro atoms. The van der Waals surface area contributed by atoms with E-state index in [0.29, 0.717) is 17.4 Å². The number of nitrogens with zero attached hydrogens (tertiary/aromatic N) is 1. The van der Waals surface area contributed by atoms with Crippen molar-refractivity contribution in [3.05, 3.63) is 53.6 Å². The number of rotatable bonds is 6. The third kappa shape index (κ3) is 4.50. The molecule has 1 heterocycles. The van der Waals surface area contributed by atoms with Gasteiger partial charge in [0.2, 0.25) is 5.91 Å². The SMILES string of the molecule is CC(C)c1ccc(OCC(=O)Nc2ccc3c(c2)N(C(=O)C2CCCC2)CC3)cc1. The maximum absolute atomic E-state index is 12.9. The normalized spacial score (nSPS) is 16.0. The minimum absolute atomic E-state index is 0.0527. The number of carbonyl (C=O) groups excluding carboxylic acids is 2. The second kappa shape index (κ2) is 8.90. The molecule has 30 heavy (non-hydrogen) atoms. The quantitative estimate of drug-likeness (QED) is 0.742. The van der Waals surface area contributed by atoms with Gasteiger partial charge in [-0.05, 0) is 60.6 Å². The van der Waals surface area contributed by atoms with Gasteiger partial charge in [-0.1, -0.05) is 44.9 Å². The fraction of sp³-hybridized carbons (Fsp3) is 0.440. The lowest BCUT2D eigenvalue weighted by molar-refractivity contribution is -0.122. The Morgan fingerprint density at radius 1 is 1.10 bits per heavy atom. The summed E-state index contributed by atoms with van der Waals surface area (Å²) in [7, 11) is 0. The van der Waals surface area contributed by atoms with E-state index < -0.39 is 0 Å². The van der Waals surface area contributed by atoms with Gasteiger partial charge in [0.25, 0.3) is 5.91 Å². The molecule has 0 bridgehead atoms. The monoisotopic (exact) mass is 406 g/mol. The standard InChI is InChI=1S/C25H30N2O3/c1-17(2)18-8-11-22(12-9-18)30-16-24(28)26-21-10-7-19-13-14-27(23(19)15-21)25(29)20-5-3-4-6-20/h7-12,15,17,20H,3-6,13-14,16H2,1-2H3,(H,26,28). The molecule has 1 fully saturated rings. The Kier molecular flexibility index (Phi) is 6.07. The summed E-state index contributed by atoms with van der Waals surface area (Å²) in [4.78, 5) is 27.2. The Balaban J connectivity index is 1.36. The van der Waals surface area contributed by atoms with Crippen molar-refractivity contribution < 1.29 is 14.3 Å². The lowest BCUT2D eigenvalue weighted by atomic mass is 10.0. The third-order valence-electron chi connectivity index (χ3n) is 6.15. The summed E-state index contributed by atoms with van der Waals surface area (Å²) in [6.45, 7) is 4.96. The van der Waals surface area contributed by atoms with E-state index in [1.54, 1.807) is 0 Å². The molecule has 158 valence electrons. The van der Waals surface area contributed by atoms with E-state index in [9.17, 15) is 9.59 Å². The van der Waals surface area contributed by atoms with Gasteiger partial charge in [-0.2, -0.15) is 0 Å². The average molecular weight is 407 g/mol. The van der Waals surface area contributed by atoms with Crippen LogP contribution in [0.15, 0.2) is 42.5 Å². The van der Waals surface area contributed by atoms with E-state index in [0.717, 1.165) is 44.3 Å². The minimum Gasteiger partial charge on any atom is -0.484 e. The molecule has 0 radical (unpaired) electrons. The highest BCUT2D eigenvalue weighted by molar-refractivity contribution is 5.99. The lowest BCUT2D eigenvalue weighted by Gasteiger charge is -2.21. The molecule has 1 aliphatic carbocycles. The first kappa shape index (κ1) is 20.5. The van der Waals surface area contributed by atoms with Crippen molar-refractivity contribution in [1.82, 2.24) is 0 Å². The fourth-order valence-corrected chi connectivity index (χ4v) is 4.37. The number of anilines is 2. The number of benzene rings is 2. The molecule has 2 aromatic rings. The fourth-order valence-electron chi connectivity index (χ4n) is 4.37. The maximum Gasteiger partial charge on any atom is 0.262 e. The molecule has 0 atom stereocenters. The Hall–Kier alpha value is -2.82. The van der Waals surface area contributed by atoms with Crippen LogP contribution in [0, 0.1) is 5.92 Å². The summed E-state index contributed by atoms with van der Waals surface area (Å²) < 4.78 is 5.62. The van der Waals surface area contributed by atoms with Gasteiger partial charge in [-0.3, -0.25) is 9.59 Å². The predicted molar refractivity (Wildman–Crippen MR) is 119 cm³/mol. The first-order valence-electron chi connectivity index (χ1n) is 11.0. The first-order valence-corrected chi connectivity index (χ1v) is 11.0. The van der Waals surface area contributed by atoms with Crippen molar-refractivity contribution in [2.45, 2.75) is 51.9 Å². The first-order chi connectivity index (χ1) is 14.5. The number of nitrogens with one attached hydrogen (secondary N) is 1. The molecule has 2 amide bonds. The number of hydrogen-bond donors (Lipinski definition) is 1. The average Bonchev–Trinajstić information content (AvgIpc) is 3.42. The van der Waals surface area contributed by atoms with Gasteiger partial charge in [-0.15, -0.1) is 0 Å². The van der Waals surface area contributed by atoms with Gasteiger partial charge in [0.1, 0.15) is 5.75 Å². The molecule has 0 saturated heterocycles. The second-order valence-corrected chi connectivity index (χ2v) is 8.63. The topological polar surface area (TPSA) is 58.6 Å². The molecule has 2 aliphatic rings. The molecule has 0 aromatic heterocycles. The van der Waals surface area contributed by atoms with Gasteiger partial charge in [0, 0.05) is 23.8 Å². The molecule has 1 saturated carbocycles. The van der Waals surface area contributed by atoms with Crippen molar-refractivity contribution in [3.63, 3.8) is 0 Å². The van der Waals surface area contributed by atoms with Crippen molar-refractivity contribution in [3.8, 4) is 5.75 Å². The summed E-state index contributed by atoms with van der Waals surface area (Å²) in [5, 5.41) is 2.90. The van der Waals surface area contributed by atoms with E-state index in [1.807, 2.05) is 47.4 Å². The molecular weight excluding hydrogens is 376 g/mol. The van der Waals surface area contributed by atoms with Crippen LogP contribution in [-0.2, 0) is 16.0 Å². The van der Waals surface area contributed by atoms with E-state index in [1.165, 1.54) is 11.1 Å². The molecule has 1 aliphatic heterocycles. The summed E-state index contributed by atoms with van der Waals surface area (Å²) in [5.41, 5.74) is 4.04. The zero-order valence-electron chi connectivity index (χ0n) is 17.8. The van der Waals surface area contributed by atoms with Crippen LogP contribution >= 0.6 is 0 Å². The highest BCUT2D eigenvalue weighted by Crippen LogP contribution is 2.35. The van der Waals surface area contributed by atoms with Crippen LogP contribution < -0.4 is 15.0 Å². The van der Waals surface area contributed by atoms with Crippen molar-refractivity contribution in [2.75, 3.05) is 23.4 Å². The van der Waals surface area contributed by atoms with Crippen LogP contribution in [0.3, 0.4) is 0 Å². The number of fused-ring (bicyclic) bond motifs is 1. The molecule has 5 heteroatoms. The zero-order chi connectivity index (χ0) is 21.1. The Labute approximate surface area is 178 Å². The predicted octanol–water partition coefficient (Wildman–Crippen LogP) is 4.91. The highest BCUT2D eigenvalue weighted by atomic mass is 16.5. The summed E-state index contributed by atoms with van der Waals surface area (Å²) in [6.07, 6.45) is 5.16. The second-order valence-electron chi connectivity index (χ2n) is 8.63. The summed E-state index contributed by atoms with van der Waals surface area (Å²) >= 11 is 0. The minimum atomic E-state index is -0.213. The lowest BCUT2D eigenvalue weighted by Crippen LogP contribution is -2.33. The smallest absolute Gasteiger partial charge is 0.262 e. The molecule has 5 nitrogen and oxygen atoms in total. The van der Waals surface area contributed by atoms with E-state index >= 15 is 0 Å². The highest BCUT2D eigenvalue weighted by Gasteiger charge is 2.31. The van der Waals surface area contributed by atoms with Crippen LogP contribution in [0.1, 0.15) is 56.6 Å². The van der Waals surface area contributed by atoms with Crippen LogP contribution in [0.25, 0.3) is 0 Å². The number of amides is 2. The van der Waals surface area contributed by atoms with Crippen molar-refractivity contribution in [1.29, 1.82) is 0 Å². The number of carbonyl (C=O) groups is 2. The van der Waals surface area contributed by atoms with Gasteiger partial charge in [0.05, 0.1) is 0 Å². The van der Waals surface area contributed by atoms with Gasteiger partial charge < -0.3 is 15.0 Å². The van der Waals surface area contributed by atoms with Crippen LogP contribution in [0.2, 0.25) is 0 Å². The zero-order valence-corrected chi connectivity index (χ0v) is 17.8. The third-order valence-corrected chi connectivity index (χ3v) is 6.15. The van der Waals surface area contributed by atoms with Gasteiger partial charge in [-0.25, -0.2) is 0 Å². The van der Waals surface area contributed by atoms with Crippen LogP contribution in [0.4, 0.5) is 11.4 Å². The number of ether oxygens (including phenoxy) is 1. The van der Waals surface area contributed by atoms with E-state index in [2.05, 4.69) is 19.2 Å². The molecular formula is C25H30N2O3. The van der Waals surface area contributed by atoms with E-state index in [-0.39, 0.29) is 24.3 Å². The Morgan fingerprint density at radius 3 is 2.53 bits per heavy atom. The Bertz CT molecular complexity index is 914. The summed E-state index contributed by atoms with van der Waals surface area (Å²) in [6, 6.07) is 13.7. The molecule has 4 rings (SSSR count). The molecule has 1 N–H and O–H groups in total. The van der Waals surface area contributed by atoms with Crippen molar-refractivity contribution >= 4 is 23.2 Å². The largest absolute Gasteiger partial charge is 0.484 e. The van der Waals surface area contributed by atoms with E-state index in [4.69, 9.17) is 4.74 Å². The van der Waals surface area contributed by atoms with Gasteiger partial charge in [0.15, 0.2) is 6.61 Å². The molecule has 0 unspecified atom stereocenters. The van der Waals surface area contributed by atoms with Crippen molar-refractivity contribution in [2.24, 2.45) is 5.92 Å². The molecule has 2 aromatic carbocycles. The van der Waals surface area contributed by atoms with Crippen LogP contribution in [0.5, 0.6) is 5.75 Å². The number of hydrogen-bond acceptors (Lipinski definition) is 3. The summed E-state index contributed by atoms with van der Waals surface area (Å²) in [5.74, 6) is 1.32. The Morgan fingerprint density at radius 2 is 1.83 bits per heavy atom. The van der Waals surface area contributed by atoms with Crippen LogP contribution in [-0.4, -0.2) is 25.0 Å². The maximum atomic E-state index is 12.9.